The van der Waals surface area contributed by atoms with Crippen molar-refractivity contribution in [3.63, 3.8) is 0 Å². The molecular weight excluding hydrogens is 270 g/mol. The lowest BCUT2D eigenvalue weighted by Crippen LogP contribution is -2.55. The summed E-state index contributed by atoms with van der Waals surface area (Å²) >= 11 is 0. The quantitative estimate of drug-likeness (QED) is 0.890. The van der Waals surface area contributed by atoms with E-state index in [1.165, 1.54) is 37.7 Å². The van der Waals surface area contributed by atoms with Crippen molar-refractivity contribution in [2.45, 2.75) is 57.4 Å². The maximum absolute atomic E-state index is 12.5. The predicted molar refractivity (Wildman–Crippen MR) is 88.4 cm³/mol. The standard InChI is InChI=1S/C20H27NO/c1-13(16-5-3-2-4-6-16)7-19(22)21-20-17-9-14-8-15(11-17)12-18(20)10-14/h2-6,13-15,17-18,20H,7-12H2,1H3,(H,21,22)/t13-,14?,15?,17?,18?,20?/m1/s1. The second-order valence-electron chi connectivity index (χ2n) is 8.04. The molecule has 1 aromatic rings. The van der Waals surface area contributed by atoms with E-state index in [9.17, 15) is 4.79 Å². The second kappa shape index (κ2) is 5.72. The highest BCUT2D eigenvalue weighted by Crippen LogP contribution is 2.53. The van der Waals surface area contributed by atoms with Gasteiger partial charge in [-0.3, -0.25) is 4.79 Å². The molecule has 1 aromatic carbocycles. The van der Waals surface area contributed by atoms with Gasteiger partial charge in [-0.15, -0.1) is 0 Å². The predicted octanol–water partition coefficient (Wildman–Crippen LogP) is 4.12. The molecule has 0 saturated heterocycles. The molecule has 1 N–H and O–H groups in total. The Bertz CT molecular complexity index is 510. The molecule has 1 atom stereocenters. The Kier molecular flexibility index (Phi) is 3.71. The lowest BCUT2D eigenvalue weighted by molar-refractivity contribution is -0.125. The van der Waals surface area contributed by atoms with E-state index in [1.54, 1.807) is 0 Å². The van der Waals surface area contributed by atoms with E-state index < -0.39 is 0 Å². The van der Waals surface area contributed by atoms with Crippen molar-refractivity contribution < 1.29 is 4.79 Å². The third-order valence-corrected chi connectivity index (χ3v) is 6.41. The van der Waals surface area contributed by atoms with E-state index in [0.29, 0.717) is 18.4 Å². The van der Waals surface area contributed by atoms with Crippen LogP contribution in [0.2, 0.25) is 0 Å². The molecule has 4 bridgehead atoms. The summed E-state index contributed by atoms with van der Waals surface area (Å²) in [5.74, 6) is 4.05. The van der Waals surface area contributed by atoms with Gasteiger partial charge in [-0.05, 0) is 67.3 Å². The molecule has 2 nitrogen and oxygen atoms in total. The summed E-state index contributed by atoms with van der Waals surface area (Å²) in [7, 11) is 0. The molecule has 0 unspecified atom stereocenters. The van der Waals surface area contributed by atoms with E-state index in [0.717, 1.165) is 23.7 Å². The van der Waals surface area contributed by atoms with Gasteiger partial charge < -0.3 is 5.32 Å². The molecular formula is C20H27NO. The lowest BCUT2D eigenvalue weighted by Gasteiger charge is -2.54. The summed E-state index contributed by atoms with van der Waals surface area (Å²) in [6, 6.07) is 10.9. The molecule has 0 heterocycles. The molecule has 4 aliphatic carbocycles. The van der Waals surface area contributed by atoms with Crippen molar-refractivity contribution in [2.24, 2.45) is 23.7 Å². The van der Waals surface area contributed by atoms with Crippen molar-refractivity contribution in [1.82, 2.24) is 5.32 Å². The largest absolute Gasteiger partial charge is 0.353 e. The first-order chi connectivity index (χ1) is 10.7. The fraction of sp³-hybridized carbons (Fsp3) is 0.650. The Labute approximate surface area is 133 Å². The van der Waals surface area contributed by atoms with Crippen LogP contribution in [0.3, 0.4) is 0 Å². The molecule has 4 fully saturated rings. The van der Waals surface area contributed by atoms with Gasteiger partial charge in [-0.2, -0.15) is 0 Å². The number of nitrogens with one attached hydrogen (secondary N) is 1. The molecule has 0 aromatic heterocycles. The summed E-state index contributed by atoms with van der Waals surface area (Å²) in [6.45, 7) is 2.16. The van der Waals surface area contributed by atoms with Crippen molar-refractivity contribution in [1.29, 1.82) is 0 Å². The summed E-state index contributed by atoms with van der Waals surface area (Å²) in [5.41, 5.74) is 1.27. The van der Waals surface area contributed by atoms with Crippen molar-refractivity contribution in [3.05, 3.63) is 35.9 Å². The number of benzene rings is 1. The smallest absolute Gasteiger partial charge is 0.220 e. The zero-order valence-electron chi connectivity index (χ0n) is 13.5. The molecule has 4 saturated carbocycles. The molecule has 0 spiro atoms. The fourth-order valence-electron chi connectivity index (χ4n) is 5.58. The number of carbonyl (C=O) groups excluding carboxylic acids is 1. The van der Waals surface area contributed by atoms with Crippen molar-refractivity contribution in [3.8, 4) is 0 Å². The molecule has 22 heavy (non-hydrogen) atoms. The normalized spacial score (nSPS) is 37.0. The second-order valence-corrected chi connectivity index (χ2v) is 8.04. The molecule has 4 aliphatic rings. The number of carbonyl (C=O) groups is 1. The fourth-order valence-corrected chi connectivity index (χ4v) is 5.58. The summed E-state index contributed by atoms with van der Waals surface area (Å²) in [4.78, 5) is 12.5. The SMILES string of the molecule is C[C@H](CC(=O)NC1C2CC3CC(C2)CC1C3)c1ccccc1. The van der Waals surface area contributed by atoms with Crippen LogP contribution in [0.15, 0.2) is 30.3 Å². The van der Waals surface area contributed by atoms with Gasteiger partial charge >= 0.3 is 0 Å². The highest BCUT2D eigenvalue weighted by molar-refractivity contribution is 5.77. The van der Waals surface area contributed by atoms with E-state index in [-0.39, 0.29) is 5.91 Å². The number of rotatable bonds is 4. The van der Waals surface area contributed by atoms with Gasteiger partial charge in [0.15, 0.2) is 0 Å². The minimum Gasteiger partial charge on any atom is -0.353 e. The number of hydrogen-bond acceptors (Lipinski definition) is 1. The maximum atomic E-state index is 12.5. The van der Waals surface area contributed by atoms with Crippen LogP contribution in [0.1, 0.15) is 56.9 Å². The average molecular weight is 297 g/mol. The van der Waals surface area contributed by atoms with Crippen LogP contribution in [0.5, 0.6) is 0 Å². The molecule has 1 amide bonds. The Hall–Kier alpha value is -1.31. The molecule has 0 radical (unpaired) electrons. The van der Waals surface area contributed by atoms with Gasteiger partial charge in [-0.25, -0.2) is 0 Å². The minimum atomic E-state index is 0.258. The lowest BCUT2D eigenvalue weighted by atomic mass is 9.54. The monoisotopic (exact) mass is 297 g/mol. The van der Waals surface area contributed by atoms with Gasteiger partial charge in [0.1, 0.15) is 0 Å². The molecule has 5 rings (SSSR count). The zero-order valence-corrected chi connectivity index (χ0v) is 13.5. The average Bonchev–Trinajstić information content (AvgIpc) is 2.51. The maximum Gasteiger partial charge on any atom is 0.220 e. The number of amides is 1. The number of hydrogen-bond donors (Lipinski definition) is 1. The van der Waals surface area contributed by atoms with Crippen LogP contribution in [0.25, 0.3) is 0 Å². The van der Waals surface area contributed by atoms with Gasteiger partial charge in [0.05, 0.1) is 0 Å². The highest BCUT2D eigenvalue weighted by Gasteiger charge is 2.48. The Morgan fingerprint density at radius 3 is 2.23 bits per heavy atom. The first-order valence-electron chi connectivity index (χ1n) is 9.03. The highest BCUT2D eigenvalue weighted by atomic mass is 16.1. The molecule has 2 heteroatoms. The van der Waals surface area contributed by atoms with Crippen LogP contribution in [-0.2, 0) is 4.79 Å². The van der Waals surface area contributed by atoms with Crippen molar-refractivity contribution >= 4 is 5.91 Å². The van der Waals surface area contributed by atoms with Gasteiger partial charge in [0.25, 0.3) is 0 Å². The van der Waals surface area contributed by atoms with Gasteiger partial charge in [-0.1, -0.05) is 37.3 Å². The van der Waals surface area contributed by atoms with E-state index in [2.05, 4.69) is 36.5 Å². The van der Waals surface area contributed by atoms with Gasteiger partial charge in [0, 0.05) is 12.5 Å². The van der Waals surface area contributed by atoms with Crippen LogP contribution >= 0.6 is 0 Å². The minimum absolute atomic E-state index is 0.258. The summed E-state index contributed by atoms with van der Waals surface area (Å²) < 4.78 is 0. The third-order valence-electron chi connectivity index (χ3n) is 6.41. The van der Waals surface area contributed by atoms with E-state index in [1.807, 2.05) is 6.07 Å². The molecule has 0 aliphatic heterocycles. The van der Waals surface area contributed by atoms with E-state index >= 15 is 0 Å². The zero-order chi connectivity index (χ0) is 15.1. The Morgan fingerprint density at radius 2 is 1.64 bits per heavy atom. The van der Waals surface area contributed by atoms with Crippen LogP contribution in [-0.4, -0.2) is 11.9 Å². The van der Waals surface area contributed by atoms with Crippen LogP contribution in [0.4, 0.5) is 0 Å². The van der Waals surface area contributed by atoms with Crippen LogP contribution in [0, 0.1) is 23.7 Å². The third kappa shape index (κ3) is 2.68. The Morgan fingerprint density at radius 1 is 1.05 bits per heavy atom. The summed E-state index contributed by atoms with van der Waals surface area (Å²) in [6.07, 6.45) is 7.56. The van der Waals surface area contributed by atoms with Crippen molar-refractivity contribution in [2.75, 3.05) is 0 Å². The topological polar surface area (TPSA) is 29.1 Å². The first kappa shape index (κ1) is 14.3. The summed E-state index contributed by atoms with van der Waals surface area (Å²) in [5, 5.41) is 3.42. The molecule has 118 valence electrons. The van der Waals surface area contributed by atoms with Gasteiger partial charge in [0.2, 0.25) is 5.91 Å². The van der Waals surface area contributed by atoms with E-state index in [4.69, 9.17) is 0 Å². The Balaban J connectivity index is 1.36. The first-order valence-corrected chi connectivity index (χ1v) is 9.03. The van der Waals surface area contributed by atoms with Crippen LogP contribution < -0.4 is 5.32 Å².